The molecule has 1 aliphatic carbocycles. The van der Waals surface area contributed by atoms with Crippen molar-refractivity contribution in [3.63, 3.8) is 0 Å². The third-order valence-corrected chi connectivity index (χ3v) is 5.00. The molecule has 0 unspecified atom stereocenters. The van der Waals surface area contributed by atoms with Crippen LogP contribution in [0.2, 0.25) is 0 Å². The largest absolute Gasteiger partial charge is 0.347 e. The predicted octanol–water partition coefficient (Wildman–Crippen LogP) is 2.30. The van der Waals surface area contributed by atoms with Crippen molar-refractivity contribution in [2.45, 2.75) is 70.4 Å². The van der Waals surface area contributed by atoms with Gasteiger partial charge in [-0.25, -0.2) is 4.63 Å². The van der Waals surface area contributed by atoms with Crippen molar-refractivity contribution in [1.29, 1.82) is 0 Å². The average Bonchev–Trinajstić information content (AvgIpc) is 2.78. The van der Waals surface area contributed by atoms with Crippen LogP contribution in [0, 0.1) is 6.92 Å². The molecule has 1 aromatic heterocycles. The zero-order valence-electron chi connectivity index (χ0n) is 13.4. The highest BCUT2D eigenvalue weighted by molar-refractivity contribution is 5.93. The van der Waals surface area contributed by atoms with Gasteiger partial charge in [0, 0.05) is 18.6 Å². The van der Waals surface area contributed by atoms with Crippen LogP contribution in [0.25, 0.3) is 0 Å². The summed E-state index contributed by atoms with van der Waals surface area (Å²) in [6, 6.07) is 0.915. The Morgan fingerprint density at radius 3 is 2.59 bits per heavy atom. The Hall–Kier alpha value is -1.43. The Morgan fingerprint density at radius 1 is 1.14 bits per heavy atom. The summed E-state index contributed by atoms with van der Waals surface area (Å²) in [5, 5.41) is 10.5. The van der Waals surface area contributed by atoms with Gasteiger partial charge in [0.1, 0.15) is 5.69 Å². The fraction of sp³-hybridized carbons (Fsp3) is 0.812. The fourth-order valence-corrected chi connectivity index (χ4v) is 3.77. The number of amides is 1. The second-order valence-corrected chi connectivity index (χ2v) is 6.65. The first-order valence-electron chi connectivity index (χ1n) is 8.58. The minimum Gasteiger partial charge on any atom is -0.347 e. The first-order valence-corrected chi connectivity index (χ1v) is 8.58. The predicted molar refractivity (Wildman–Crippen MR) is 82.6 cm³/mol. The molecule has 1 saturated heterocycles. The van der Waals surface area contributed by atoms with Crippen LogP contribution < -0.4 is 5.32 Å². The standard InChI is InChI=1S/C16H26N4O2/c1-12-15(19-22-18-12)16(21)17-13-7-6-10-20(11-13)14-8-4-2-3-5-9-14/h13-14H,2-11H2,1H3,(H,17,21)/t13-/m1/s1. The Kier molecular flexibility index (Phi) is 5.08. The van der Waals surface area contributed by atoms with Gasteiger partial charge < -0.3 is 5.32 Å². The van der Waals surface area contributed by atoms with Crippen molar-refractivity contribution in [2.24, 2.45) is 0 Å². The van der Waals surface area contributed by atoms with Crippen LogP contribution in [-0.2, 0) is 0 Å². The summed E-state index contributed by atoms with van der Waals surface area (Å²) < 4.78 is 4.61. The maximum Gasteiger partial charge on any atom is 0.275 e. The smallest absolute Gasteiger partial charge is 0.275 e. The molecular formula is C16H26N4O2. The Balaban J connectivity index is 1.56. The summed E-state index contributed by atoms with van der Waals surface area (Å²) in [6.07, 6.45) is 10.3. The van der Waals surface area contributed by atoms with E-state index < -0.39 is 0 Å². The molecule has 0 radical (unpaired) electrons. The molecule has 1 aliphatic heterocycles. The molecule has 6 nitrogen and oxygen atoms in total. The normalized spacial score (nSPS) is 24.9. The molecule has 2 fully saturated rings. The summed E-state index contributed by atoms with van der Waals surface area (Å²) in [5.41, 5.74) is 0.862. The first kappa shape index (κ1) is 15.5. The topological polar surface area (TPSA) is 71.3 Å². The van der Waals surface area contributed by atoms with E-state index in [-0.39, 0.29) is 11.9 Å². The SMILES string of the molecule is Cc1nonc1C(=O)N[C@@H]1CCCN(C2CCCCCC2)C1. The number of carbonyl (C=O) groups is 1. The van der Waals surface area contributed by atoms with E-state index in [1.807, 2.05) is 0 Å². The number of rotatable bonds is 3. The number of carbonyl (C=O) groups excluding carboxylic acids is 1. The highest BCUT2D eigenvalue weighted by Crippen LogP contribution is 2.24. The molecule has 0 aromatic carbocycles. The van der Waals surface area contributed by atoms with Crippen LogP contribution in [-0.4, -0.2) is 46.3 Å². The molecule has 22 heavy (non-hydrogen) atoms. The summed E-state index contributed by atoms with van der Waals surface area (Å²) in [5.74, 6) is -0.161. The van der Waals surface area contributed by atoms with E-state index in [0.717, 1.165) is 19.4 Å². The molecule has 0 spiro atoms. The lowest BCUT2D eigenvalue weighted by Gasteiger charge is -2.38. The Morgan fingerprint density at radius 2 is 1.91 bits per heavy atom. The van der Waals surface area contributed by atoms with Gasteiger partial charge in [0.05, 0.1) is 0 Å². The van der Waals surface area contributed by atoms with Crippen LogP contribution in [0.5, 0.6) is 0 Å². The van der Waals surface area contributed by atoms with Gasteiger partial charge in [0.15, 0.2) is 5.69 Å². The van der Waals surface area contributed by atoms with Crippen molar-refractivity contribution >= 4 is 5.91 Å². The molecule has 2 heterocycles. The average molecular weight is 306 g/mol. The van der Waals surface area contributed by atoms with Gasteiger partial charge in [0.25, 0.3) is 5.91 Å². The molecule has 122 valence electrons. The molecular weight excluding hydrogens is 280 g/mol. The minimum atomic E-state index is -0.161. The maximum atomic E-state index is 12.2. The quantitative estimate of drug-likeness (QED) is 0.868. The lowest BCUT2D eigenvalue weighted by atomic mass is 10.00. The molecule has 1 N–H and O–H groups in total. The summed E-state index contributed by atoms with van der Waals surface area (Å²) in [6.45, 7) is 3.87. The minimum absolute atomic E-state index is 0.161. The van der Waals surface area contributed by atoms with Crippen molar-refractivity contribution in [3.8, 4) is 0 Å². The second-order valence-electron chi connectivity index (χ2n) is 6.65. The molecule has 1 atom stereocenters. The van der Waals surface area contributed by atoms with E-state index in [1.54, 1.807) is 6.92 Å². The molecule has 2 aliphatic rings. The Labute approximate surface area is 131 Å². The summed E-state index contributed by atoms with van der Waals surface area (Å²) >= 11 is 0. The molecule has 1 saturated carbocycles. The summed E-state index contributed by atoms with van der Waals surface area (Å²) in [4.78, 5) is 14.8. The van der Waals surface area contributed by atoms with Gasteiger partial charge >= 0.3 is 0 Å². The van der Waals surface area contributed by atoms with Crippen LogP contribution in [0.4, 0.5) is 0 Å². The number of aromatic nitrogens is 2. The number of hydrogen-bond acceptors (Lipinski definition) is 5. The third kappa shape index (κ3) is 3.66. The van der Waals surface area contributed by atoms with Crippen molar-refractivity contribution < 1.29 is 9.42 Å². The van der Waals surface area contributed by atoms with E-state index >= 15 is 0 Å². The number of nitrogens with zero attached hydrogens (tertiary/aromatic N) is 3. The Bertz CT molecular complexity index is 494. The van der Waals surface area contributed by atoms with Crippen molar-refractivity contribution in [3.05, 3.63) is 11.4 Å². The monoisotopic (exact) mass is 306 g/mol. The van der Waals surface area contributed by atoms with E-state index in [0.29, 0.717) is 17.4 Å². The zero-order chi connectivity index (χ0) is 15.4. The third-order valence-electron chi connectivity index (χ3n) is 5.00. The van der Waals surface area contributed by atoms with E-state index in [1.165, 1.54) is 45.1 Å². The van der Waals surface area contributed by atoms with Crippen molar-refractivity contribution in [2.75, 3.05) is 13.1 Å². The highest BCUT2D eigenvalue weighted by atomic mass is 16.6. The van der Waals surface area contributed by atoms with Crippen LogP contribution in [0.15, 0.2) is 4.63 Å². The van der Waals surface area contributed by atoms with Gasteiger partial charge in [-0.3, -0.25) is 9.69 Å². The van der Waals surface area contributed by atoms with Gasteiger partial charge in [-0.2, -0.15) is 0 Å². The summed E-state index contributed by atoms with van der Waals surface area (Å²) in [7, 11) is 0. The highest BCUT2D eigenvalue weighted by Gasteiger charge is 2.28. The van der Waals surface area contributed by atoms with Crippen molar-refractivity contribution in [1.82, 2.24) is 20.5 Å². The van der Waals surface area contributed by atoms with Crippen LogP contribution >= 0.6 is 0 Å². The maximum absolute atomic E-state index is 12.2. The number of aryl methyl sites for hydroxylation is 1. The van der Waals surface area contributed by atoms with E-state index in [9.17, 15) is 4.79 Å². The van der Waals surface area contributed by atoms with Gasteiger partial charge in [-0.1, -0.05) is 30.8 Å². The second kappa shape index (κ2) is 7.22. The van der Waals surface area contributed by atoms with Crippen LogP contribution in [0.1, 0.15) is 67.5 Å². The molecule has 1 amide bonds. The molecule has 0 bridgehead atoms. The molecule has 6 heteroatoms. The first-order chi connectivity index (χ1) is 10.7. The van der Waals surface area contributed by atoms with Crippen LogP contribution in [0.3, 0.4) is 0 Å². The lowest BCUT2D eigenvalue weighted by molar-refractivity contribution is 0.0851. The van der Waals surface area contributed by atoms with E-state index in [2.05, 4.69) is 25.2 Å². The molecule has 3 rings (SSSR count). The number of likely N-dealkylation sites (tertiary alicyclic amines) is 1. The zero-order valence-corrected chi connectivity index (χ0v) is 13.4. The van der Waals surface area contributed by atoms with Gasteiger partial charge in [0.2, 0.25) is 0 Å². The number of hydrogen-bond donors (Lipinski definition) is 1. The molecule has 1 aromatic rings. The van der Waals surface area contributed by atoms with E-state index in [4.69, 9.17) is 0 Å². The van der Waals surface area contributed by atoms with Gasteiger partial charge in [-0.15, -0.1) is 0 Å². The number of nitrogens with one attached hydrogen (secondary N) is 1. The number of piperidine rings is 1. The fourth-order valence-electron chi connectivity index (χ4n) is 3.77. The van der Waals surface area contributed by atoms with Gasteiger partial charge in [-0.05, 0) is 44.3 Å². The lowest BCUT2D eigenvalue weighted by Crippen LogP contribution is -2.51.